The lowest BCUT2D eigenvalue weighted by Crippen LogP contribution is -2.17. The quantitative estimate of drug-likeness (QED) is 0.296. The van der Waals surface area contributed by atoms with E-state index in [1.54, 1.807) is 0 Å². The van der Waals surface area contributed by atoms with Gasteiger partial charge in [-0.3, -0.25) is 0 Å². The Bertz CT molecular complexity index is 146. The van der Waals surface area contributed by atoms with E-state index >= 15 is 0 Å². The predicted molar refractivity (Wildman–Crippen MR) is 40.3 cm³/mol. The molecule has 58 valence electrons. The zero-order valence-electron chi connectivity index (χ0n) is 5.76. The first kappa shape index (κ1) is 9.42. The van der Waals surface area contributed by atoms with Gasteiger partial charge in [0.1, 0.15) is 7.11 Å². The fourth-order valence-electron chi connectivity index (χ4n) is 0.344. The third-order valence-corrected chi connectivity index (χ3v) is 1.28. The summed E-state index contributed by atoms with van der Waals surface area (Å²) < 4.78 is 4.38. The number of halogens is 1. The van der Waals surface area contributed by atoms with Gasteiger partial charge in [-0.15, -0.1) is 0 Å². The molecule has 5 heteroatoms. The fraction of sp³-hybridized carbons (Fsp3) is 0.600. The van der Waals surface area contributed by atoms with E-state index < -0.39 is 5.97 Å². The number of carbonyl (C=O) groups is 1. The molecule has 0 aromatic rings. The van der Waals surface area contributed by atoms with Crippen molar-refractivity contribution in [3.8, 4) is 0 Å². The number of hydrogen-bond donors (Lipinski definition) is 0. The number of esters is 1. The van der Waals surface area contributed by atoms with Crippen molar-refractivity contribution >= 4 is 27.6 Å². The van der Waals surface area contributed by atoms with Crippen molar-refractivity contribution in [2.75, 3.05) is 19.5 Å². The minimum Gasteiger partial charge on any atom is -0.464 e. The maximum atomic E-state index is 10.7. The van der Waals surface area contributed by atoms with Crippen LogP contribution in [0.15, 0.2) is 5.16 Å². The topological polar surface area (TPSA) is 47.9 Å². The highest BCUT2D eigenvalue weighted by molar-refractivity contribution is 9.09. The van der Waals surface area contributed by atoms with Gasteiger partial charge >= 0.3 is 5.97 Å². The molecule has 0 amide bonds. The molecule has 0 radical (unpaired) electrons. The van der Waals surface area contributed by atoms with Crippen molar-refractivity contribution in [1.82, 2.24) is 0 Å². The van der Waals surface area contributed by atoms with Gasteiger partial charge in [0.05, 0.1) is 12.4 Å². The highest BCUT2D eigenvalue weighted by atomic mass is 79.9. The molecule has 0 aromatic heterocycles. The summed E-state index contributed by atoms with van der Waals surface area (Å²) in [4.78, 5) is 15.0. The van der Waals surface area contributed by atoms with E-state index in [0.717, 1.165) is 0 Å². The second-order valence-electron chi connectivity index (χ2n) is 1.35. The minimum atomic E-state index is -0.487. The number of alkyl halides is 1. The van der Waals surface area contributed by atoms with Crippen LogP contribution in [0.4, 0.5) is 0 Å². The standard InChI is InChI=1S/C5H8BrNO3/c1-9-5(8)4(3-6)7-10-2/h3H2,1-2H3. The van der Waals surface area contributed by atoms with Crippen LogP contribution in [0.25, 0.3) is 0 Å². The van der Waals surface area contributed by atoms with Gasteiger partial charge in [0.2, 0.25) is 0 Å². The lowest BCUT2D eigenvalue weighted by molar-refractivity contribution is -0.132. The third kappa shape index (κ3) is 2.82. The van der Waals surface area contributed by atoms with Crippen LogP contribution in [0.2, 0.25) is 0 Å². The number of rotatable bonds is 3. The van der Waals surface area contributed by atoms with Crippen molar-refractivity contribution < 1.29 is 14.4 Å². The Labute approximate surface area is 67.3 Å². The largest absolute Gasteiger partial charge is 0.464 e. The Hall–Kier alpha value is -0.580. The number of ether oxygens (including phenoxy) is 1. The molecule has 0 aliphatic carbocycles. The van der Waals surface area contributed by atoms with Gasteiger partial charge in [0.25, 0.3) is 0 Å². The van der Waals surface area contributed by atoms with Crippen LogP contribution >= 0.6 is 15.9 Å². The molecule has 0 unspecified atom stereocenters. The molecular formula is C5H8BrNO3. The minimum absolute atomic E-state index is 0.213. The van der Waals surface area contributed by atoms with Gasteiger partial charge in [-0.05, 0) is 0 Å². The van der Waals surface area contributed by atoms with Crippen LogP contribution < -0.4 is 0 Å². The van der Waals surface area contributed by atoms with Gasteiger partial charge in [-0.1, -0.05) is 21.1 Å². The monoisotopic (exact) mass is 209 g/mol. The van der Waals surface area contributed by atoms with Crippen LogP contribution in [-0.4, -0.2) is 31.2 Å². The average Bonchev–Trinajstić information content (AvgIpc) is 1.99. The van der Waals surface area contributed by atoms with E-state index in [2.05, 4.69) is 30.7 Å². The fourth-order valence-corrected chi connectivity index (χ4v) is 0.676. The van der Waals surface area contributed by atoms with Crippen LogP contribution in [0.5, 0.6) is 0 Å². The Kier molecular flexibility index (Phi) is 4.92. The summed E-state index contributed by atoms with van der Waals surface area (Å²) in [6.45, 7) is 0. The summed E-state index contributed by atoms with van der Waals surface area (Å²) >= 11 is 3.05. The number of carbonyl (C=O) groups excluding carboxylic acids is 1. The van der Waals surface area contributed by atoms with Crippen LogP contribution in [0.1, 0.15) is 0 Å². The van der Waals surface area contributed by atoms with Crippen LogP contribution in [-0.2, 0) is 14.4 Å². The van der Waals surface area contributed by atoms with Gasteiger partial charge < -0.3 is 9.57 Å². The molecule has 0 heterocycles. The Morgan fingerprint density at radius 2 is 2.20 bits per heavy atom. The summed E-state index contributed by atoms with van der Waals surface area (Å²) in [5.74, 6) is -0.487. The molecule has 0 saturated carbocycles. The molecule has 0 rings (SSSR count). The second-order valence-corrected chi connectivity index (χ2v) is 1.91. The molecule has 0 saturated heterocycles. The molecule has 0 aliphatic rings. The van der Waals surface area contributed by atoms with E-state index in [1.807, 2.05) is 0 Å². The van der Waals surface area contributed by atoms with E-state index in [4.69, 9.17) is 0 Å². The average molecular weight is 210 g/mol. The van der Waals surface area contributed by atoms with Crippen molar-refractivity contribution in [1.29, 1.82) is 0 Å². The van der Waals surface area contributed by atoms with Gasteiger partial charge in [0.15, 0.2) is 5.71 Å². The van der Waals surface area contributed by atoms with Crippen LogP contribution in [0, 0.1) is 0 Å². The molecule has 0 atom stereocenters. The van der Waals surface area contributed by atoms with Crippen molar-refractivity contribution in [3.05, 3.63) is 0 Å². The summed E-state index contributed by atoms with van der Waals surface area (Å²) in [7, 11) is 2.65. The molecular weight excluding hydrogens is 202 g/mol. The molecule has 0 spiro atoms. The molecule has 0 fully saturated rings. The molecule has 0 bridgehead atoms. The SMILES string of the molecule is CON=C(CBr)C(=O)OC. The lowest BCUT2D eigenvalue weighted by Gasteiger charge is -1.97. The van der Waals surface area contributed by atoms with E-state index in [1.165, 1.54) is 14.2 Å². The van der Waals surface area contributed by atoms with Crippen molar-refractivity contribution in [2.24, 2.45) is 5.16 Å². The lowest BCUT2D eigenvalue weighted by atomic mass is 10.4. The molecule has 0 N–H and O–H groups in total. The molecule has 10 heavy (non-hydrogen) atoms. The zero-order valence-corrected chi connectivity index (χ0v) is 7.34. The first-order valence-electron chi connectivity index (χ1n) is 2.50. The molecule has 4 nitrogen and oxygen atoms in total. The number of hydrogen-bond acceptors (Lipinski definition) is 4. The van der Waals surface area contributed by atoms with Gasteiger partial charge in [0, 0.05) is 0 Å². The van der Waals surface area contributed by atoms with Crippen LogP contribution in [0.3, 0.4) is 0 Å². The Balaban J connectivity index is 4.06. The summed E-state index contributed by atoms with van der Waals surface area (Å²) in [6, 6.07) is 0. The highest BCUT2D eigenvalue weighted by Gasteiger charge is 2.09. The Morgan fingerprint density at radius 1 is 1.60 bits per heavy atom. The Morgan fingerprint density at radius 3 is 2.50 bits per heavy atom. The summed E-state index contributed by atoms with van der Waals surface area (Å²) in [5, 5.41) is 3.74. The number of nitrogens with zero attached hydrogens (tertiary/aromatic N) is 1. The van der Waals surface area contributed by atoms with E-state index in [9.17, 15) is 4.79 Å². The third-order valence-electron chi connectivity index (χ3n) is 0.749. The zero-order chi connectivity index (χ0) is 7.98. The maximum Gasteiger partial charge on any atom is 0.356 e. The number of oxime groups is 1. The summed E-state index contributed by atoms with van der Waals surface area (Å²) in [6.07, 6.45) is 0. The maximum absolute atomic E-state index is 10.7. The van der Waals surface area contributed by atoms with Gasteiger partial charge in [-0.2, -0.15) is 0 Å². The smallest absolute Gasteiger partial charge is 0.356 e. The predicted octanol–water partition coefficient (Wildman–Crippen LogP) is 0.557. The van der Waals surface area contributed by atoms with Crippen molar-refractivity contribution in [2.45, 2.75) is 0 Å². The van der Waals surface area contributed by atoms with E-state index in [-0.39, 0.29) is 5.71 Å². The molecule has 0 aromatic carbocycles. The number of methoxy groups -OCH3 is 1. The van der Waals surface area contributed by atoms with Gasteiger partial charge in [-0.25, -0.2) is 4.79 Å². The normalized spacial score (nSPS) is 10.9. The van der Waals surface area contributed by atoms with E-state index in [0.29, 0.717) is 5.33 Å². The van der Waals surface area contributed by atoms with Crippen molar-refractivity contribution in [3.63, 3.8) is 0 Å². The summed E-state index contributed by atoms with van der Waals surface area (Å²) in [5.41, 5.74) is 0.213. The first-order chi connectivity index (χ1) is 4.76. The second kappa shape index (κ2) is 5.22. The highest BCUT2D eigenvalue weighted by Crippen LogP contribution is 1.89. The molecule has 0 aliphatic heterocycles. The first-order valence-corrected chi connectivity index (χ1v) is 3.62.